The van der Waals surface area contributed by atoms with Gasteiger partial charge in [-0.15, -0.1) is 0 Å². The number of rotatable bonds is 6. The fourth-order valence-corrected chi connectivity index (χ4v) is 1.91. The van der Waals surface area contributed by atoms with E-state index in [2.05, 4.69) is 5.32 Å². The van der Waals surface area contributed by atoms with Gasteiger partial charge >= 0.3 is 0 Å². The third kappa shape index (κ3) is 3.27. The smallest absolute Gasteiger partial charge is 0.169 e. The number of para-hydroxylation sites is 2. The topological polar surface area (TPSA) is 30.5 Å². The summed E-state index contributed by atoms with van der Waals surface area (Å²) in [5.74, 6) is 1.43. The molecule has 0 saturated carbocycles. The van der Waals surface area contributed by atoms with Gasteiger partial charge in [0.1, 0.15) is 11.6 Å². The van der Waals surface area contributed by atoms with E-state index in [1.54, 1.807) is 25.2 Å². The lowest BCUT2D eigenvalue weighted by molar-refractivity contribution is 0.320. The van der Waals surface area contributed by atoms with Gasteiger partial charge in [0.15, 0.2) is 11.5 Å². The van der Waals surface area contributed by atoms with Gasteiger partial charge in [0.2, 0.25) is 0 Å². The van der Waals surface area contributed by atoms with Gasteiger partial charge < -0.3 is 14.8 Å². The molecule has 0 aliphatic heterocycles. The second-order valence-electron chi connectivity index (χ2n) is 4.23. The zero-order chi connectivity index (χ0) is 14.4. The molecule has 2 rings (SSSR count). The molecule has 0 radical (unpaired) electrons. The molecule has 0 aromatic heterocycles. The molecule has 0 bridgehead atoms. The van der Waals surface area contributed by atoms with Gasteiger partial charge in [-0.2, -0.15) is 0 Å². The summed E-state index contributed by atoms with van der Waals surface area (Å²) in [4.78, 5) is 0. The van der Waals surface area contributed by atoms with Crippen LogP contribution in [0.1, 0.15) is 12.5 Å². The van der Waals surface area contributed by atoms with Gasteiger partial charge in [0, 0.05) is 12.1 Å². The van der Waals surface area contributed by atoms with Crippen molar-refractivity contribution in [1.29, 1.82) is 0 Å². The highest BCUT2D eigenvalue weighted by Crippen LogP contribution is 2.33. The summed E-state index contributed by atoms with van der Waals surface area (Å²) in [6.45, 7) is 2.86. The Hall–Kier alpha value is -2.07. The Morgan fingerprint density at radius 1 is 1.00 bits per heavy atom. The zero-order valence-corrected chi connectivity index (χ0v) is 11.7. The van der Waals surface area contributed by atoms with Crippen LogP contribution < -0.4 is 14.8 Å². The highest BCUT2D eigenvalue weighted by molar-refractivity contribution is 5.45. The van der Waals surface area contributed by atoms with Crippen LogP contribution in [-0.2, 0) is 6.54 Å². The molecule has 4 heteroatoms. The van der Waals surface area contributed by atoms with Crippen molar-refractivity contribution in [3.63, 3.8) is 0 Å². The highest BCUT2D eigenvalue weighted by atomic mass is 19.1. The van der Waals surface area contributed by atoms with E-state index >= 15 is 0 Å². The lowest BCUT2D eigenvalue weighted by Gasteiger charge is -2.14. The molecule has 0 aliphatic rings. The molecule has 0 atom stereocenters. The standard InChI is InChI=1S/C16H18FNO2/c1-3-19-15-8-4-5-9-16(15)20-14-10-6-7-13(17)12(14)11-18-2/h4-10,18H,3,11H2,1-2H3. The van der Waals surface area contributed by atoms with E-state index in [0.29, 0.717) is 36.0 Å². The first-order valence-electron chi connectivity index (χ1n) is 6.58. The van der Waals surface area contributed by atoms with Crippen molar-refractivity contribution in [2.75, 3.05) is 13.7 Å². The lowest BCUT2D eigenvalue weighted by atomic mass is 10.2. The maximum Gasteiger partial charge on any atom is 0.169 e. The summed E-state index contributed by atoms with van der Waals surface area (Å²) < 4.78 is 25.2. The third-order valence-corrected chi connectivity index (χ3v) is 2.80. The van der Waals surface area contributed by atoms with Crippen molar-refractivity contribution in [2.45, 2.75) is 13.5 Å². The molecular formula is C16H18FNO2. The second-order valence-corrected chi connectivity index (χ2v) is 4.23. The molecule has 2 aromatic rings. The van der Waals surface area contributed by atoms with Crippen molar-refractivity contribution in [3.05, 3.63) is 53.8 Å². The SMILES string of the molecule is CCOc1ccccc1Oc1cccc(F)c1CNC. The number of halogens is 1. The maximum absolute atomic E-state index is 13.8. The van der Waals surface area contributed by atoms with Crippen molar-refractivity contribution in [3.8, 4) is 17.2 Å². The van der Waals surface area contributed by atoms with E-state index in [0.717, 1.165) is 0 Å². The largest absolute Gasteiger partial charge is 0.490 e. The van der Waals surface area contributed by atoms with Crippen molar-refractivity contribution < 1.29 is 13.9 Å². The van der Waals surface area contributed by atoms with Crippen LogP contribution in [0.25, 0.3) is 0 Å². The van der Waals surface area contributed by atoms with E-state index < -0.39 is 0 Å². The van der Waals surface area contributed by atoms with Crippen molar-refractivity contribution >= 4 is 0 Å². The first kappa shape index (κ1) is 14.3. The van der Waals surface area contributed by atoms with E-state index in [1.807, 2.05) is 25.1 Å². The Kier molecular flexibility index (Phi) is 4.96. The average molecular weight is 275 g/mol. The molecule has 3 nitrogen and oxygen atoms in total. The molecule has 1 N–H and O–H groups in total. The number of benzene rings is 2. The predicted octanol–water partition coefficient (Wildman–Crippen LogP) is 3.74. The Morgan fingerprint density at radius 2 is 1.70 bits per heavy atom. The minimum absolute atomic E-state index is 0.286. The first-order valence-corrected chi connectivity index (χ1v) is 6.58. The number of nitrogens with one attached hydrogen (secondary N) is 1. The summed E-state index contributed by atoms with van der Waals surface area (Å²) in [6.07, 6.45) is 0. The van der Waals surface area contributed by atoms with Crippen molar-refractivity contribution in [1.82, 2.24) is 5.32 Å². The molecule has 20 heavy (non-hydrogen) atoms. The van der Waals surface area contributed by atoms with Gasteiger partial charge in [-0.3, -0.25) is 0 Å². The van der Waals surface area contributed by atoms with E-state index in [1.165, 1.54) is 6.07 Å². The molecule has 0 spiro atoms. The monoisotopic (exact) mass is 275 g/mol. The molecule has 0 saturated heterocycles. The summed E-state index contributed by atoms with van der Waals surface area (Å²) in [5, 5.41) is 2.94. The van der Waals surface area contributed by atoms with Gasteiger partial charge in [0.25, 0.3) is 0 Å². The summed E-state index contributed by atoms with van der Waals surface area (Å²) in [6, 6.07) is 12.2. The summed E-state index contributed by atoms with van der Waals surface area (Å²) in [7, 11) is 1.77. The van der Waals surface area contributed by atoms with Crippen LogP contribution >= 0.6 is 0 Å². The maximum atomic E-state index is 13.8. The normalized spacial score (nSPS) is 10.3. The molecule has 0 amide bonds. The second kappa shape index (κ2) is 6.91. The van der Waals surface area contributed by atoms with Crippen LogP contribution in [0.3, 0.4) is 0 Å². The fourth-order valence-electron chi connectivity index (χ4n) is 1.91. The van der Waals surface area contributed by atoms with Crippen molar-refractivity contribution in [2.24, 2.45) is 0 Å². The fraction of sp³-hybridized carbons (Fsp3) is 0.250. The van der Waals surface area contributed by atoms with Crippen LogP contribution in [0.15, 0.2) is 42.5 Å². The number of hydrogen-bond acceptors (Lipinski definition) is 3. The highest BCUT2D eigenvalue weighted by Gasteiger charge is 2.12. The molecule has 2 aromatic carbocycles. The van der Waals surface area contributed by atoms with E-state index in [-0.39, 0.29) is 5.82 Å². The van der Waals surface area contributed by atoms with Crippen LogP contribution in [0.4, 0.5) is 4.39 Å². The average Bonchev–Trinajstić information content (AvgIpc) is 2.45. The lowest BCUT2D eigenvalue weighted by Crippen LogP contribution is -2.08. The molecule has 106 valence electrons. The third-order valence-electron chi connectivity index (χ3n) is 2.80. The number of hydrogen-bond donors (Lipinski definition) is 1. The molecule has 0 heterocycles. The minimum atomic E-state index is -0.286. The molecule has 0 unspecified atom stereocenters. The quantitative estimate of drug-likeness (QED) is 0.871. The Balaban J connectivity index is 2.32. The van der Waals surface area contributed by atoms with Crippen LogP contribution in [0.2, 0.25) is 0 Å². The van der Waals surface area contributed by atoms with Crippen LogP contribution in [-0.4, -0.2) is 13.7 Å². The van der Waals surface area contributed by atoms with Gasteiger partial charge in [0.05, 0.1) is 6.61 Å². The first-order chi connectivity index (χ1) is 9.76. The molecular weight excluding hydrogens is 257 g/mol. The number of ether oxygens (including phenoxy) is 2. The summed E-state index contributed by atoms with van der Waals surface area (Å²) >= 11 is 0. The Morgan fingerprint density at radius 3 is 2.40 bits per heavy atom. The van der Waals surface area contributed by atoms with Crippen LogP contribution in [0.5, 0.6) is 17.2 Å². The molecule has 0 fully saturated rings. The minimum Gasteiger partial charge on any atom is -0.490 e. The van der Waals surface area contributed by atoms with Crippen LogP contribution in [0, 0.1) is 5.82 Å². The van der Waals surface area contributed by atoms with Gasteiger partial charge in [-0.25, -0.2) is 4.39 Å². The predicted molar refractivity (Wildman–Crippen MR) is 76.8 cm³/mol. The van der Waals surface area contributed by atoms with Gasteiger partial charge in [-0.1, -0.05) is 18.2 Å². The molecule has 0 aliphatic carbocycles. The van der Waals surface area contributed by atoms with Gasteiger partial charge in [-0.05, 0) is 38.2 Å². The summed E-state index contributed by atoms with van der Waals surface area (Å²) in [5.41, 5.74) is 0.501. The van der Waals surface area contributed by atoms with E-state index in [4.69, 9.17) is 9.47 Å². The zero-order valence-electron chi connectivity index (χ0n) is 11.7. The Labute approximate surface area is 118 Å². The van der Waals surface area contributed by atoms with E-state index in [9.17, 15) is 4.39 Å². The Bertz CT molecular complexity index is 572.